The summed E-state index contributed by atoms with van der Waals surface area (Å²) >= 11 is 3.48. The molecule has 1 saturated heterocycles. The lowest BCUT2D eigenvalue weighted by Crippen LogP contribution is -2.44. The zero-order chi connectivity index (χ0) is 15.4. The molecule has 1 aliphatic heterocycles. The first-order chi connectivity index (χ1) is 10.0. The molecule has 0 saturated carbocycles. The number of hydrogen-bond acceptors (Lipinski definition) is 2. The molecule has 0 aliphatic carbocycles. The van der Waals surface area contributed by atoms with E-state index in [0.29, 0.717) is 5.92 Å². The van der Waals surface area contributed by atoms with Gasteiger partial charge in [0, 0.05) is 29.8 Å². The molecule has 1 unspecified atom stereocenters. The molecule has 1 amide bonds. The van der Waals surface area contributed by atoms with E-state index in [1.807, 2.05) is 21.7 Å². The van der Waals surface area contributed by atoms with E-state index < -0.39 is 0 Å². The maximum atomic E-state index is 12.9. The molecular formula is C16H26BrN3O. The summed E-state index contributed by atoms with van der Waals surface area (Å²) in [7, 11) is 0. The standard InChI is InChI=1S/C16H26BrN3O/c1-4-19-11-14(17)8-15(19)16(21)20(12(2)3)10-13-6-5-7-18-9-13/h8,11-13,18H,4-7,9-10H2,1-3H3. The van der Waals surface area contributed by atoms with E-state index in [-0.39, 0.29) is 11.9 Å². The second kappa shape index (κ2) is 7.45. The normalized spacial score (nSPS) is 19.0. The van der Waals surface area contributed by atoms with Gasteiger partial charge in [-0.15, -0.1) is 0 Å². The smallest absolute Gasteiger partial charge is 0.270 e. The number of nitrogens with one attached hydrogen (secondary N) is 1. The molecule has 0 radical (unpaired) electrons. The average molecular weight is 356 g/mol. The van der Waals surface area contributed by atoms with Crippen LogP contribution in [-0.2, 0) is 6.54 Å². The Morgan fingerprint density at radius 3 is 2.90 bits per heavy atom. The summed E-state index contributed by atoms with van der Waals surface area (Å²) in [6.07, 6.45) is 4.40. The number of piperidine rings is 1. The van der Waals surface area contributed by atoms with Gasteiger partial charge in [0.15, 0.2) is 0 Å². The van der Waals surface area contributed by atoms with Crippen molar-refractivity contribution < 1.29 is 4.79 Å². The maximum Gasteiger partial charge on any atom is 0.270 e. The second-order valence-corrected chi connectivity index (χ2v) is 7.01. The first-order valence-electron chi connectivity index (χ1n) is 7.90. The van der Waals surface area contributed by atoms with Crippen molar-refractivity contribution in [2.75, 3.05) is 19.6 Å². The van der Waals surface area contributed by atoms with E-state index in [4.69, 9.17) is 0 Å². The fourth-order valence-corrected chi connectivity index (χ4v) is 3.41. The number of hydrogen-bond donors (Lipinski definition) is 1. The van der Waals surface area contributed by atoms with Crippen LogP contribution in [0.3, 0.4) is 0 Å². The van der Waals surface area contributed by atoms with Crippen molar-refractivity contribution in [1.82, 2.24) is 14.8 Å². The van der Waals surface area contributed by atoms with Gasteiger partial charge in [-0.2, -0.15) is 0 Å². The quantitative estimate of drug-likeness (QED) is 0.880. The minimum Gasteiger partial charge on any atom is -0.343 e. The molecule has 1 fully saturated rings. The minimum absolute atomic E-state index is 0.142. The van der Waals surface area contributed by atoms with Crippen LogP contribution >= 0.6 is 15.9 Å². The molecule has 0 spiro atoms. The number of carbonyl (C=O) groups is 1. The molecule has 2 heterocycles. The number of halogens is 1. The van der Waals surface area contributed by atoms with Crippen LogP contribution in [0, 0.1) is 5.92 Å². The molecule has 0 bridgehead atoms. The monoisotopic (exact) mass is 355 g/mol. The van der Waals surface area contributed by atoms with Crippen LogP contribution in [0.25, 0.3) is 0 Å². The lowest BCUT2D eigenvalue weighted by molar-refractivity contribution is 0.0650. The Bertz CT molecular complexity index is 478. The first kappa shape index (κ1) is 16.6. The molecule has 1 atom stereocenters. The Hall–Kier alpha value is -0.810. The molecule has 1 aromatic heterocycles. The number of rotatable bonds is 5. The Labute approximate surface area is 136 Å². The van der Waals surface area contributed by atoms with Gasteiger partial charge in [0.1, 0.15) is 5.69 Å². The van der Waals surface area contributed by atoms with Crippen LogP contribution < -0.4 is 5.32 Å². The van der Waals surface area contributed by atoms with Gasteiger partial charge in [0.2, 0.25) is 0 Å². The van der Waals surface area contributed by atoms with Crippen molar-refractivity contribution >= 4 is 21.8 Å². The number of aromatic nitrogens is 1. The van der Waals surface area contributed by atoms with E-state index in [1.54, 1.807) is 0 Å². The van der Waals surface area contributed by atoms with Gasteiger partial charge in [-0.1, -0.05) is 0 Å². The third-order valence-corrected chi connectivity index (χ3v) is 4.59. The Kier molecular flexibility index (Phi) is 5.88. The average Bonchev–Trinajstić information content (AvgIpc) is 2.86. The van der Waals surface area contributed by atoms with Gasteiger partial charge in [-0.3, -0.25) is 4.79 Å². The third kappa shape index (κ3) is 4.10. The fourth-order valence-electron chi connectivity index (χ4n) is 2.95. The van der Waals surface area contributed by atoms with E-state index in [2.05, 4.69) is 42.0 Å². The predicted octanol–water partition coefficient (Wildman–Crippen LogP) is 3.12. The van der Waals surface area contributed by atoms with Crippen molar-refractivity contribution in [1.29, 1.82) is 0 Å². The predicted molar refractivity (Wildman–Crippen MR) is 89.6 cm³/mol. The highest BCUT2D eigenvalue weighted by Crippen LogP contribution is 2.20. The SMILES string of the molecule is CCn1cc(Br)cc1C(=O)N(CC1CCCNC1)C(C)C. The van der Waals surface area contributed by atoms with Crippen LogP contribution in [0.5, 0.6) is 0 Å². The van der Waals surface area contributed by atoms with Gasteiger partial charge < -0.3 is 14.8 Å². The summed E-state index contributed by atoms with van der Waals surface area (Å²) in [6.45, 7) is 10.0. The zero-order valence-corrected chi connectivity index (χ0v) is 14.8. The molecule has 4 nitrogen and oxygen atoms in total. The van der Waals surface area contributed by atoms with E-state index in [1.165, 1.54) is 12.8 Å². The van der Waals surface area contributed by atoms with Crippen molar-refractivity contribution in [2.45, 2.75) is 46.2 Å². The molecule has 1 aliphatic rings. The molecular weight excluding hydrogens is 330 g/mol. The lowest BCUT2D eigenvalue weighted by Gasteiger charge is -2.33. The number of aryl methyl sites for hydroxylation is 1. The lowest BCUT2D eigenvalue weighted by atomic mass is 9.98. The van der Waals surface area contributed by atoms with Gasteiger partial charge in [0.05, 0.1) is 0 Å². The Morgan fingerprint density at radius 2 is 2.33 bits per heavy atom. The van der Waals surface area contributed by atoms with Crippen LogP contribution in [0.4, 0.5) is 0 Å². The summed E-state index contributed by atoms with van der Waals surface area (Å²) < 4.78 is 2.98. The molecule has 5 heteroatoms. The number of carbonyl (C=O) groups excluding carboxylic acids is 1. The van der Waals surface area contributed by atoms with Crippen LogP contribution in [0.1, 0.15) is 44.1 Å². The fraction of sp³-hybridized carbons (Fsp3) is 0.688. The van der Waals surface area contributed by atoms with E-state index in [0.717, 1.165) is 36.3 Å². The minimum atomic E-state index is 0.142. The zero-order valence-electron chi connectivity index (χ0n) is 13.2. The van der Waals surface area contributed by atoms with Crippen LogP contribution in [-0.4, -0.2) is 41.1 Å². The van der Waals surface area contributed by atoms with E-state index in [9.17, 15) is 4.79 Å². The first-order valence-corrected chi connectivity index (χ1v) is 8.69. The number of amides is 1. The van der Waals surface area contributed by atoms with Gasteiger partial charge in [-0.05, 0) is 74.6 Å². The summed E-state index contributed by atoms with van der Waals surface area (Å²) in [4.78, 5) is 14.9. The highest BCUT2D eigenvalue weighted by Gasteiger charge is 2.25. The molecule has 1 aromatic rings. The third-order valence-electron chi connectivity index (χ3n) is 4.16. The Morgan fingerprint density at radius 1 is 1.57 bits per heavy atom. The second-order valence-electron chi connectivity index (χ2n) is 6.09. The highest BCUT2D eigenvalue weighted by atomic mass is 79.9. The summed E-state index contributed by atoms with van der Waals surface area (Å²) in [5.41, 5.74) is 0.779. The molecule has 0 aromatic carbocycles. The molecule has 118 valence electrons. The van der Waals surface area contributed by atoms with Crippen LogP contribution in [0.2, 0.25) is 0 Å². The van der Waals surface area contributed by atoms with Crippen molar-refractivity contribution in [3.05, 3.63) is 22.4 Å². The molecule has 21 heavy (non-hydrogen) atoms. The van der Waals surface area contributed by atoms with E-state index >= 15 is 0 Å². The summed E-state index contributed by atoms with van der Waals surface area (Å²) in [6, 6.07) is 2.15. The Balaban J connectivity index is 2.14. The van der Waals surface area contributed by atoms with Gasteiger partial charge >= 0.3 is 0 Å². The molecule has 1 N–H and O–H groups in total. The van der Waals surface area contributed by atoms with Crippen molar-refractivity contribution in [3.63, 3.8) is 0 Å². The highest BCUT2D eigenvalue weighted by molar-refractivity contribution is 9.10. The summed E-state index contributed by atoms with van der Waals surface area (Å²) in [5.74, 6) is 0.710. The van der Waals surface area contributed by atoms with Gasteiger partial charge in [-0.25, -0.2) is 0 Å². The molecule has 2 rings (SSSR count). The summed E-state index contributed by atoms with van der Waals surface area (Å²) in [5, 5.41) is 3.43. The maximum absolute atomic E-state index is 12.9. The topological polar surface area (TPSA) is 37.3 Å². The number of nitrogens with zero attached hydrogens (tertiary/aromatic N) is 2. The van der Waals surface area contributed by atoms with Crippen molar-refractivity contribution in [3.8, 4) is 0 Å². The largest absolute Gasteiger partial charge is 0.343 e. The van der Waals surface area contributed by atoms with Gasteiger partial charge in [0.25, 0.3) is 5.91 Å². The van der Waals surface area contributed by atoms with Crippen molar-refractivity contribution in [2.24, 2.45) is 5.92 Å². The van der Waals surface area contributed by atoms with Crippen LogP contribution in [0.15, 0.2) is 16.7 Å².